The molecule has 106 valence electrons. The summed E-state index contributed by atoms with van der Waals surface area (Å²) in [5.41, 5.74) is 0.490. The van der Waals surface area contributed by atoms with Crippen molar-refractivity contribution in [3.05, 3.63) is 0 Å². The van der Waals surface area contributed by atoms with Crippen LogP contribution in [0.5, 0.6) is 0 Å². The Kier molecular flexibility index (Phi) is 5.05. The fourth-order valence-electron chi connectivity index (χ4n) is 4.03. The third kappa shape index (κ3) is 3.46. The summed E-state index contributed by atoms with van der Waals surface area (Å²) in [6.07, 6.45) is 6.79. The lowest BCUT2D eigenvalue weighted by atomic mass is 9.69. The van der Waals surface area contributed by atoms with Crippen molar-refractivity contribution in [2.24, 2.45) is 11.3 Å². The number of hydrogen-bond donors (Lipinski definition) is 1. The summed E-state index contributed by atoms with van der Waals surface area (Å²) in [6, 6.07) is 0.649. The van der Waals surface area contributed by atoms with Gasteiger partial charge in [-0.2, -0.15) is 0 Å². The molecule has 0 amide bonds. The maximum Gasteiger partial charge on any atom is 0.0622 e. The molecule has 2 fully saturated rings. The first-order valence-corrected chi connectivity index (χ1v) is 7.58. The Labute approximate surface area is 112 Å². The Morgan fingerprint density at radius 2 is 2.22 bits per heavy atom. The Morgan fingerprint density at radius 1 is 1.39 bits per heavy atom. The van der Waals surface area contributed by atoms with Gasteiger partial charge in [-0.05, 0) is 44.7 Å². The smallest absolute Gasteiger partial charge is 0.0622 e. The van der Waals surface area contributed by atoms with Gasteiger partial charge in [-0.15, -0.1) is 0 Å². The summed E-state index contributed by atoms with van der Waals surface area (Å²) in [5, 5.41) is 3.44. The predicted octanol–water partition coefficient (Wildman–Crippen LogP) is 2.12. The van der Waals surface area contributed by atoms with Crippen molar-refractivity contribution >= 4 is 0 Å². The van der Waals surface area contributed by atoms with Crippen LogP contribution in [-0.4, -0.2) is 51.3 Å². The van der Waals surface area contributed by atoms with E-state index < -0.39 is 0 Å². The van der Waals surface area contributed by atoms with Gasteiger partial charge in [0.05, 0.1) is 6.61 Å². The molecule has 0 spiro atoms. The van der Waals surface area contributed by atoms with Crippen LogP contribution in [-0.2, 0) is 4.74 Å². The van der Waals surface area contributed by atoms with E-state index in [1.807, 2.05) is 0 Å². The van der Waals surface area contributed by atoms with E-state index in [0.29, 0.717) is 11.5 Å². The van der Waals surface area contributed by atoms with Gasteiger partial charge in [0.25, 0.3) is 0 Å². The Hall–Kier alpha value is -0.120. The van der Waals surface area contributed by atoms with Crippen LogP contribution >= 0.6 is 0 Å². The van der Waals surface area contributed by atoms with Crippen LogP contribution in [0.15, 0.2) is 0 Å². The highest BCUT2D eigenvalue weighted by atomic mass is 16.5. The van der Waals surface area contributed by atoms with E-state index in [0.717, 1.165) is 25.7 Å². The molecule has 3 atom stereocenters. The van der Waals surface area contributed by atoms with Gasteiger partial charge in [0.15, 0.2) is 0 Å². The van der Waals surface area contributed by atoms with Crippen LogP contribution in [0.3, 0.4) is 0 Å². The highest BCUT2D eigenvalue weighted by molar-refractivity contribution is 4.90. The molecule has 2 rings (SSSR count). The number of nitrogens with zero attached hydrogens (tertiary/aromatic N) is 1. The van der Waals surface area contributed by atoms with E-state index >= 15 is 0 Å². The van der Waals surface area contributed by atoms with Crippen molar-refractivity contribution in [1.29, 1.82) is 0 Å². The molecule has 0 radical (unpaired) electrons. The van der Waals surface area contributed by atoms with Crippen LogP contribution in [0.1, 0.15) is 39.0 Å². The van der Waals surface area contributed by atoms with Gasteiger partial charge in [0, 0.05) is 25.7 Å². The molecular formula is C15H30N2O. The van der Waals surface area contributed by atoms with Gasteiger partial charge >= 0.3 is 0 Å². The van der Waals surface area contributed by atoms with Crippen molar-refractivity contribution in [1.82, 2.24) is 10.2 Å². The lowest BCUT2D eigenvalue weighted by Gasteiger charge is -2.43. The fraction of sp³-hybridized carbons (Fsp3) is 1.00. The Bertz CT molecular complexity index is 249. The standard InChI is InChI=1S/C15H30N2O/c1-13-5-4-7-15(9-13,11-16-2)12-17(3)14-6-8-18-10-14/h13-14,16H,4-12H2,1-3H3. The predicted molar refractivity (Wildman–Crippen MR) is 75.8 cm³/mol. The molecule has 0 aromatic carbocycles. The van der Waals surface area contributed by atoms with Crippen molar-refractivity contribution in [3.63, 3.8) is 0 Å². The summed E-state index contributed by atoms with van der Waals surface area (Å²) >= 11 is 0. The molecule has 3 unspecified atom stereocenters. The molecule has 1 aliphatic carbocycles. The second kappa shape index (κ2) is 6.36. The maximum absolute atomic E-state index is 5.52. The molecule has 3 nitrogen and oxygen atoms in total. The van der Waals surface area contributed by atoms with E-state index in [2.05, 4.69) is 31.2 Å². The van der Waals surface area contributed by atoms with Crippen molar-refractivity contribution < 1.29 is 4.74 Å². The van der Waals surface area contributed by atoms with Crippen LogP contribution in [0.2, 0.25) is 0 Å². The minimum Gasteiger partial charge on any atom is -0.380 e. The van der Waals surface area contributed by atoms with E-state index in [9.17, 15) is 0 Å². The third-order valence-corrected chi connectivity index (χ3v) is 4.85. The molecule has 1 N–H and O–H groups in total. The zero-order chi connectivity index (χ0) is 13.0. The number of nitrogens with one attached hydrogen (secondary N) is 1. The summed E-state index contributed by atoms with van der Waals surface area (Å²) in [6.45, 7) is 6.69. The van der Waals surface area contributed by atoms with Crippen LogP contribution < -0.4 is 5.32 Å². The third-order valence-electron chi connectivity index (χ3n) is 4.85. The molecule has 3 heteroatoms. The largest absolute Gasteiger partial charge is 0.380 e. The average molecular weight is 254 g/mol. The quantitative estimate of drug-likeness (QED) is 0.813. The van der Waals surface area contributed by atoms with Crippen LogP contribution in [0.25, 0.3) is 0 Å². The normalized spacial score (nSPS) is 37.3. The molecule has 1 heterocycles. The summed E-state index contributed by atoms with van der Waals surface area (Å²) < 4.78 is 5.52. The van der Waals surface area contributed by atoms with Gasteiger partial charge in [-0.25, -0.2) is 0 Å². The van der Waals surface area contributed by atoms with Crippen molar-refractivity contribution in [2.45, 2.75) is 45.1 Å². The SMILES string of the molecule is CNCC1(CN(C)C2CCOC2)CCCC(C)C1. The fourth-order valence-corrected chi connectivity index (χ4v) is 4.03. The van der Waals surface area contributed by atoms with E-state index in [-0.39, 0.29) is 0 Å². The molecule has 2 aliphatic rings. The minimum atomic E-state index is 0.490. The molecule has 0 aromatic heterocycles. The maximum atomic E-state index is 5.52. The Morgan fingerprint density at radius 3 is 2.83 bits per heavy atom. The molecule has 1 saturated heterocycles. The second-order valence-electron chi connectivity index (χ2n) is 6.66. The zero-order valence-corrected chi connectivity index (χ0v) is 12.4. The lowest BCUT2D eigenvalue weighted by Crippen LogP contribution is -2.47. The summed E-state index contributed by atoms with van der Waals surface area (Å²) in [7, 11) is 4.38. The van der Waals surface area contributed by atoms with E-state index in [4.69, 9.17) is 4.74 Å². The molecule has 0 bridgehead atoms. The summed E-state index contributed by atoms with van der Waals surface area (Å²) in [4.78, 5) is 2.56. The first-order chi connectivity index (χ1) is 8.65. The molecule has 1 saturated carbocycles. The zero-order valence-electron chi connectivity index (χ0n) is 12.4. The van der Waals surface area contributed by atoms with Crippen LogP contribution in [0.4, 0.5) is 0 Å². The van der Waals surface area contributed by atoms with E-state index in [1.165, 1.54) is 38.6 Å². The lowest BCUT2D eigenvalue weighted by molar-refractivity contribution is 0.0687. The monoisotopic (exact) mass is 254 g/mol. The topological polar surface area (TPSA) is 24.5 Å². The first kappa shape index (κ1) is 14.3. The second-order valence-corrected chi connectivity index (χ2v) is 6.66. The highest BCUT2D eigenvalue weighted by Crippen LogP contribution is 2.39. The number of hydrogen-bond acceptors (Lipinski definition) is 3. The highest BCUT2D eigenvalue weighted by Gasteiger charge is 2.36. The first-order valence-electron chi connectivity index (χ1n) is 7.58. The van der Waals surface area contributed by atoms with Crippen molar-refractivity contribution in [3.8, 4) is 0 Å². The van der Waals surface area contributed by atoms with Gasteiger partial charge in [0.1, 0.15) is 0 Å². The van der Waals surface area contributed by atoms with Gasteiger partial charge in [0.2, 0.25) is 0 Å². The average Bonchev–Trinajstić information content (AvgIpc) is 2.82. The van der Waals surface area contributed by atoms with Gasteiger partial charge in [-0.1, -0.05) is 19.8 Å². The molecular weight excluding hydrogens is 224 g/mol. The molecule has 18 heavy (non-hydrogen) atoms. The van der Waals surface area contributed by atoms with Crippen LogP contribution in [0, 0.1) is 11.3 Å². The number of likely N-dealkylation sites (N-methyl/N-ethyl adjacent to an activating group) is 1. The van der Waals surface area contributed by atoms with Gasteiger partial charge in [-0.3, -0.25) is 0 Å². The van der Waals surface area contributed by atoms with E-state index in [1.54, 1.807) is 0 Å². The molecule has 0 aromatic rings. The Balaban J connectivity index is 1.95. The van der Waals surface area contributed by atoms with Crippen molar-refractivity contribution in [2.75, 3.05) is 40.4 Å². The molecule has 1 aliphatic heterocycles. The number of ether oxygens (including phenoxy) is 1. The minimum absolute atomic E-state index is 0.490. The summed E-state index contributed by atoms with van der Waals surface area (Å²) in [5.74, 6) is 0.889. The number of rotatable bonds is 5. The van der Waals surface area contributed by atoms with Gasteiger partial charge < -0.3 is 15.0 Å².